The van der Waals surface area contributed by atoms with Crippen molar-refractivity contribution in [1.29, 1.82) is 0 Å². The molecule has 7 aromatic carbocycles. The molecular formula is C38H24O. The molecule has 1 nitrogen and oxygen atoms in total. The summed E-state index contributed by atoms with van der Waals surface area (Å²) in [5, 5.41) is 4.88. The molecular weight excluding hydrogens is 472 g/mol. The highest BCUT2D eigenvalue weighted by atomic mass is 16.5. The van der Waals surface area contributed by atoms with Crippen LogP contribution in [-0.2, 0) is 0 Å². The second kappa shape index (κ2) is 8.72. The number of para-hydroxylation sites is 1. The van der Waals surface area contributed by atoms with Crippen LogP contribution in [0.25, 0.3) is 66.1 Å². The molecule has 0 spiro atoms. The Morgan fingerprint density at radius 3 is 1.64 bits per heavy atom. The zero-order valence-electron chi connectivity index (χ0n) is 21.3. The quantitative estimate of drug-likeness (QED) is 0.221. The molecule has 182 valence electrons. The maximum absolute atomic E-state index is 6.71. The summed E-state index contributed by atoms with van der Waals surface area (Å²) in [5.41, 5.74) is 9.49. The van der Waals surface area contributed by atoms with E-state index >= 15 is 0 Å². The minimum absolute atomic E-state index is 0.924. The van der Waals surface area contributed by atoms with Gasteiger partial charge < -0.3 is 4.74 Å². The molecule has 7 aromatic rings. The van der Waals surface area contributed by atoms with Crippen molar-refractivity contribution in [2.24, 2.45) is 0 Å². The van der Waals surface area contributed by atoms with E-state index in [1.54, 1.807) is 0 Å². The first-order valence-corrected chi connectivity index (χ1v) is 13.4. The zero-order chi connectivity index (χ0) is 25.8. The summed E-state index contributed by atoms with van der Waals surface area (Å²) in [6, 6.07) is 51.9. The monoisotopic (exact) mass is 496 g/mol. The fraction of sp³-hybridized carbons (Fsp3) is 0. The van der Waals surface area contributed by atoms with Crippen LogP contribution in [0.4, 0.5) is 0 Å². The van der Waals surface area contributed by atoms with Crippen molar-refractivity contribution >= 4 is 21.5 Å². The highest BCUT2D eigenvalue weighted by Crippen LogP contribution is 2.51. The second-order valence-electron chi connectivity index (χ2n) is 10.1. The van der Waals surface area contributed by atoms with Gasteiger partial charge in [-0.05, 0) is 55.6 Å². The van der Waals surface area contributed by atoms with Crippen molar-refractivity contribution in [1.82, 2.24) is 0 Å². The standard InChI is InChI=1S/C38H24O/c1-2-8-25(9-3-1)26-16-18-27(19-17-26)28-20-22-29(23-21-28)32-12-6-15-35-34-14-7-13-33-31-11-5-4-10-30(31)24-36(37(33)34)39-38(32)35/h1-24H. The summed E-state index contributed by atoms with van der Waals surface area (Å²) in [7, 11) is 0. The second-order valence-corrected chi connectivity index (χ2v) is 10.1. The Hall–Kier alpha value is -5.14. The molecule has 39 heavy (non-hydrogen) atoms. The maximum Gasteiger partial charge on any atom is 0.143 e. The molecule has 0 aromatic heterocycles. The minimum atomic E-state index is 0.924. The number of ether oxygens (including phenoxy) is 1. The van der Waals surface area contributed by atoms with Crippen LogP contribution in [0, 0.1) is 0 Å². The summed E-state index contributed by atoms with van der Waals surface area (Å²) < 4.78 is 6.71. The fourth-order valence-electron chi connectivity index (χ4n) is 5.95. The van der Waals surface area contributed by atoms with Gasteiger partial charge in [-0.2, -0.15) is 0 Å². The van der Waals surface area contributed by atoms with Gasteiger partial charge in [0.2, 0.25) is 0 Å². The van der Waals surface area contributed by atoms with Crippen molar-refractivity contribution in [2.45, 2.75) is 0 Å². The Bertz CT molecular complexity index is 2000. The van der Waals surface area contributed by atoms with Crippen LogP contribution in [0.15, 0.2) is 146 Å². The van der Waals surface area contributed by atoms with Gasteiger partial charge in [-0.15, -0.1) is 0 Å². The minimum Gasteiger partial charge on any atom is -0.455 e. The van der Waals surface area contributed by atoms with Gasteiger partial charge in [0.25, 0.3) is 0 Å². The van der Waals surface area contributed by atoms with Crippen molar-refractivity contribution in [3.05, 3.63) is 146 Å². The molecule has 0 bridgehead atoms. The van der Waals surface area contributed by atoms with E-state index in [0.29, 0.717) is 0 Å². The van der Waals surface area contributed by atoms with Crippen LogP contribution in [0.5, 0.6) is 11.5 Å². The number of fused-ring (bicyclic) bond motifs is 4. The topological polar surface area (TPSA) is 9.23 Å². The van der Waals surface area contributed by atoms with E-state index in [2.05, 4.69) is 146 Å². The highest BCUT2D eigenvalue weighted by molar-refractivity contribution is 6.16. The Labute approximate surface area is 227 Å². The summed E-state index contributed by atoms with van der Waals surface area (Å²) in [5.74, 6) is 1.85. The van der Waals surface area contributed by atoms with Crippen molar-refractivity contribution in [3.8, 4) is 56.0 Å². The van der Waals surface area contributed by atoms with Crippen LogP contribution in [0.3, 0.4) is 0 Å². The molecule has 8 rings (SSSR count). The fourth-order valence-corrected chi connectivity index (χ4v) is 5.95. The molecule has 0 aliphatic carbocycles. The molecule has 0 radical (unpaired) electrons. The molecule has 1 aliphatic rings. The third-order valence-electron chi connectivity index (χ3n) is 7.89. The van der Waals surface area contributed by atoms with Gasteiger partial charge in [0.05, 0.1) is 0 Å². The van der Waals surface area contributed by atoms with E-state index in [1.807, 2.05) is 0 Å². The summed E-state index contributed by atoms with van der Waals surface area (Å²) in [4.78, 5) is 0. The third-order valence-corrected chi connectivity index (χ3v) is 7.89. The van der Waals surface area contributed by atoms with E-state index < -0.39 is 0 Å². The SMILES string of the molecule is c1ccc(-c2ccc(-c3ccc(-c4cccc5c4Oc4cc6ccccc6c6cccc-5c46)cc3)cc2)cc1. The zero-order valence-corrected chi connectivity index (χ0v) is 21.3. The van der Waals surface area contributed by atoms with Crippen LogP contribution < -0.4 is 4.74 Å². The lowest BCUT2D eigenvalue weighted by atomic mass is 9.89. The Kier molecular flexibility index (Phi) is 4.89. The van der Waals surface area contributed by atoms with Crippen molar-refractivity contribution < 1.29 is 4.74 Å². The first-order chi connectivity index (χ1) is 19.3. The van der Waals surface area contributed by atoms with Gasteiger partial charge in [0.1, 0.15) is 11.5 Å². The number of hydrogen-bond acceptors (Lipinski definition) is 1. The molecule has 1 heteroatoms. The smallest absolute Gasteiger partial charge is 0.143 e. The number of benzene rings is 7. The third kappa shape index (κ3) is 3.55. The van der Waals surface area contributed by atoms with E-state index in [9.17, 15) is 0 Å². The molecule has 0 fully saturated rings. The lowest BCUT2D eigenvalue weighted by Gasteiger charge is -2.24. The van der Waals surface area contributed by atoms with E-state index in [1.165, 1.54) is 49.4 Å². The lowest BCUT2D eigenvalue weighted by molar-refractivity contribution is 0.489. The largest absolute Gasteiger partial charge is 0.455 e. The molecule has 0 amide bonds. The van der Waals surface area contributed by atoms with Crippen LogP contribution in [0.2, 0.25) is 0 Å². The first-order valence-electron chi connectivity index (χ1n) is 13.4. The van der Waals surface area contributed by atoms with E-state index in [0.717, 1.165) is 28.2 Å². The van der Waals surface area contributed by atoms with E-state index in [4.69, 9.17) is 4.74 Å². The summed E-state index contributed by atoms with van der Waals surface area (Å²) in [6.45, 7) is 0. The molecule has 1 aliphatic heterocycles. The van der Waals surface area contributed by atoms with E-state index in [-0.39, 0.29) is 0 Å². The van der Waals surface area contributed by atoms with Gasteiger partial charge in [-0.1, -0.05) is 140 Å². The van der Waals surface area contributed by atoms with Crippen molar-refractivity contribution in [3.63, 3.8) is 0 Å². The molecule has 0 atom stereocenters. The molecule has 0 saturated heterocycles. The van der Waals surface area contributed by atoms with Crippen LogP contribution >= 0.6 is 0 Å². The van der Waals surface area contributed by atoms with Crippen molar-refractivity contribution in [2.75, 3.05) is 0 Å². The average molecular weight is 497 g/mol. The summed E-state index contributed by atoms with van der Waals surface area (Å²) in [6.07, 6.45) is 0. The molecule has 0 N–H and O–H groups in total. The lowest BCUT2D eigenvalue weighted by Crippen LogP contribution is -1.99. The predicted molar refractivity (Wildman–Crippen MR) is 163 cm³/mol. The first kappa shape index (κ1) is 21.9. The Morgan fingerprint density at radius 1 is 0.359 bits per heavy atom. The normalized spacial score (nSPS) is 11.8. The number of hydrogen-bond donors (Lipinski definition) is 0. The van der Waals surface area contributed by atoms with Gasteiger partial charge in [0.15, 0.2) is 0 Å². The maximum atomic E-state index is 6.71. The van der Waals surface area contributed by atoms with Crippen LogP contribution in [-0.4, -0.2) is 0 Å². The Balaban J connectivity index is 1.19. The van der Waals surface area contributed by atoms with Gasteiger partial charge in [-0.25, -0.2) is 0 Å². The molecule has 1 heterocycles. The highest BCUT2D eigenvalue weighted by Gasteiger charge is 2.24. The molecule has 0 unspecified atom stereocenters. The number of rotatable bonds is 3. The summed E-state index contributed by atoms with van der Waals surface area (Å²) >= 11 is 0. The molecule has 0 saturated carbocycles. The average Bonchev–Trinajstić information content (AvgIpc) is 3.02. The van der Waals surface area contributed by atoms with Crippen LogP contribution in [0.1, 0.15) is 0 Å². The van der Waals surface area contributed by atoms with Gasteiger partial charge >= 0.3 is 0 Å². The predicted octanol–water partition coefficient (Wildman–Crippen LogP) is 10.8. The Morgan fingerprint density at radius 2 is 0.897 bits per heavy atom. The van der Waals surface area contributed by atoms with Gasteiger partial charge in [0, 0.05) is 16.5 Å². The van der Waals surface area contributed by atoms with Gasteiger partial charge in [-0.3, -0.25) is 0 Å².